The van der Waals surface area contributed by atoms with E-state index in [2.05, 4.69) is 10.6 Å². The minimum absolute atomic E-state index is 0.0891. The molecule has 1 aromatic heterocycles. The summed E-state index contributed by atoms with van der Waals surface area (Å²) >= 11 is 6.59. The van der Waals surface area contributed by atoms with Gasteiger partial charge < -0.3 is 18.8 Å². The number of nitrogens with zero attached hydrogens (tertiary/aromatic N) is 1. The van der Waals surface area contributed by atoms with Crippen LogP contribution in [0.25, 0.3) is 11.3 Å². The van der Waals surface area contributed by atoms with Gasteiger partial charge in [0.05, 0.1) is 23.9 Å². The predicted octanol–water partition coefficient (Wildman–Crippen LogP) is 5.36. The highest BCUT2D eigenvalue weighted by atomic mass is 35.5. The van der Waals surface area contributed by atoms with Gasteiger partial charge in [0.15, 0.2) is 5.43 Å². The van der Waals surface area contributed by atoms with Gasteiger partial charge in [-0.3, -0.25) is 4.79 Å². The van der Waals surface area contributed by atoms with Crippen molar-refractivity contribution in [3.63, 3.8) is 0 Å². The molecule has 0 radical (unpaired) electrons. The Bertz CT molecular complexity index is 1050. The fourth-order valence-electron chi connectivity index (χ4n) is 4.98. The number of halogens is 1. The van der Waals surface area contributed by atoms with Gasteiger partial charge in [0.2, 0.25) is 0 Å². The van der Waals surface area contributed by atoms with Crippen LogP contribution < -0.4 is 10.2 Å². The summed E-state index contributed by atoms with van der Waals surface area (Å²) in [6, 6.07) is 5.69. The van der Waals surface area contributed by atoms with E-state index in [1.807, 2.05) is 6.07 Å². The van der Waals surface area contributed by atoms with E-state index in [4.69, 9.17) is 25.8 Å². The number of carbonyl (C=O) groups excluding carboxylic acids is 1. The second-order valence-electron chi connectivity index (χ2n) is 8.44. The second kappa shape index (κ2) is 10.1. The van der Waals surface area contributed by atoms with Gasteiger partial charge in [-0.2, -0.15) is 0 Å². The lowest BCUT2D eigenvalue weighted by Gasteiger charge is -2.37. The zero-order valence-electron chi connectivity index (χ0n) is 18.7. The first-order chi connectivity index (χ1) is 15.5. The van der Waals surface area contributed by atoms with E-state index in [9.17, 15) is 9.59 Å². The normalized spacial score (nSPS) is 19.3. The summed E-state index contributed by atoms with van der Waals surface area (Å²) in [4.78, 5) is 25.2. The van der Waals surface area contributed by atoms with Crippen LogP contribution in [0.2, 0.25) is 5.02 Å². The molecule has 6 nitrogen and oxygen atoms in total. The van der Waals surface area contributed by atoms with Crippen molar-refractivity contribution >= 4 is 17.6 Å². The van der Waals surface area contributed by atoms with Crippen LogP contribution in [0.4, 0.5) is 0 Å². The molecular formula is C25H30ClNO5. The number of hydrogen-bond donors (Lipinski definition) is 0. The van der Waals surface area contributed by atoms with Crippen molar-refractivity contribution in [3.05, 3.63) is 50.8 Å². The van der Waals surface area contributed by atoms with Crippen molar-refractivity contribution in [2.45, 2.75) is 57.4 Å². The summed E-state index contributed by atoms with van der Waals surface area (Å²) in [5.41, 5.74) is 2.67. The predicted molar refractivity (Wildman–Crippen MR) is 124 cm³/mol. The van der Waals surface area contributed by atoms with Crippen molar-refractivity contribution < 1.29 is 19.0 Å². The SMILES string of the molecule is CCOC(=O)c1cn2c(cc1=O)-c1cc(Cl)c(OCCCOC)cc1C1CCCCCC12. The van der Waals surface area contributed by atoms with Crippen LogP contribution >= 0.6 is 11.6 Å². The van der Waals surface area contributed by atoms with Crippen LogP contribution in [-0.4, -0.2) is 37.5 Å². The molecule has 0 amide bonds. The van der Waals surface area contributed by atoms with Gasteiger partial charge in [0, 0.05) is 49.9 Å². The summed E-state index contributed by atoms with van der Waals surface area (Å²) < 4.78 is 18.3. The molecule has 0 spiro atoms. The van der Waals surface area contributed by atoms with Gasteiger partial charge in [-0.05, 0) is 37.5 Å². The number of hydrogen-bond acceptors (Lipinski definition) is 5. The van der Waals surface area contributed by atoms with Crippen LogP contribution in [0.3, 0.4) is 0 Å². The number of rotatable bonds is 7. The fourth-order valence-corrected chi connectivity index (χ4v) is 5.20. The van der Waals surface area contributed by atoms with Crippen LogP contribution in [0.15, 0.2) is 29.2 Å². The van der Waals surface area contributed by atoms with E-state index in [0.717, 1.165) is 43.4 Å². The van der Waals surface area contributed by atoms with Gasteiger partial charge in [-0.25, -0.2) is 4.79 Å². The molecule has 2 aliphatic rings. The van der Waals surface area contributed by atoms with Crippen molar-refractivity contribution in [1.82, 2.24) is 4.57 Å². The van der Waals surface area contributed by atoms with E-state index in [1.165, 1.54) is 12.0 Å². The third-order valence-electron chi connectivity index (χ3n) is 6.44. The average Bonchev–Trinajstić information content (AvgIpc) is 3.03. The lowest BCUT2D eigenvalue weighted by atomic mass is 9.80. The molecule has 172 valence electrons. The van der Waals surface area contributed by atoms with E-state index in [-0.39, 0.29) is 29.6 Å². The van der Waals surface area contributed by atoms with Crippen LogP contribution in [0.5, 0.6) is 5.75 Å². The zero-order valence-corrected chi connectivity index (χ0v) is 19.5. The Kier molecular flexibility index (Phi) is 7.21. The number of benzene rings is 1. The fraction of sp³-hybridized carbons (Fsp3) is 0.520. The molecule has 2 heterocycles. The lowest BCUT2D eigenvalue weighted by Crippen LogP contribution is -2.28. The maximum absolute atomic E-state index is 12.8. The summed E-state index contributed by atoms with van der Waals surface area (Å²) in [5.74, 6) is 0.376. The first-order valence-electron chi connectivity index (χ1n) is 11.4. The number of carbonyl (C=O) groups is 1. The number of esters is 1. The molecule has 1 aliphatic carbocycles. The molecular weight excluding hydrogens is 430 g/mol. The molecule has 1 aromatic carbocycles. The third-order valence-corrected chi connectivity index (χ3v) is 6.74. The van der Waals surface area contributed by atoms with Gasteiger partial charge in [-0.15, -0.1) is 0 Å². The number of methoxy groups -OCH3 is 1. The summed E-state index contributed by atoms with van der Waals surface area (Å²) in [6.45, 7) is 3.13. The van der Waals surface area contributed by atoms with Gasteiger partial charge in [0.1, 0.15) is 11.3 Å². The third kappa shape index (κ3) is 4.44. The lowest BCUT2D eigenvalue weighted by molar-refractivity contribution is 0.0523. The van der Waals surface area contributed by atoms with Crippen LogP contribution in [0.1, 0.15) is 73.3 Å². The molecule has 2 atom stereocenters. The van der Waals surface area contributed by atoms with Gasteiger partial charge in [-0.1, -0.05) is 30.9 Å². The number of ether oxygens (including phenoxy) is 3. The van der Waals surface area contributed by atoms with Crippen molar-refractivity contribution in [2.75, 3.05) is 26.9 Å². The quantitative estimate of drug-likeness (QED) is 0.411. The molecule has 0 bridgehead atoms. The van der Waals surface area contributed by atoms with E-state index in [0.29, 0.717) is 24.0 Å². The highest BCUT2D eigenvalue weighted by Crippen LogP contribution is 2.50. The second-order valence-corrected chi connectivity index (χ2v) is 8.85. The monoisotopic (exact) mass is 459 g/mol. The Morgan fingerprint density at radius 1 is 1.16 bits per heavy atom. The standard InChI is InChI=1S/C25H30ClNO5/c1-3-31-25(29)19-15-27-21-9-6-4-5-8-16(21)17-13-24(32-11-7-10-30-2)20(26)12-18(17)22(27)14-23(19)28/h12-16,21H,3-11H2,1-2H3. The molecule has 0 N–H and O–H groups in total. The maximum atomic E-state index is 12.8. The van der Waals surface area contributed by atoms with Gasteiger partial charge in [0.25, 0.3) is 0 Å². The molecule has 0 saturated heterocycles. The summed E-state index contributed by atoms with van der Waals surface area (Å²) in [5, 5.41) is 0.515. The molecule has 1 aliphatic heterocycles. The topological polar surface area (TPSA) is 66.8 Å². The van der Waals surface area contributed by atoms with E-state index < -0.39 is 5.97 Å². The number of aromatic nitrogens is 1. The van der Waals surface area contributed by atoms with Crippen LogP contribution in [0, 0.1) is 0 Å². The molecule has 32 heavy (non-hydrogen) atoms. The smallest absolute Gasteiger partial charge is 0.343 e. The minimum atomic E-state index is -0.568. The first-order valence-corrected chi connectivity index (χ1v) is 11.8. The summed E-state index contributed by atoms with van der Waals surface area (Å²) in [7, 11) is 1.67. The highest BCUT2D eigenvalue weighted by Gasteiger charge is 2.35. The Morgan fingerprint density at radius 2 is 1.97 bits per heavy atom. The minimum Gasteiger partial charge on any atom is -0.492 e. The zero-order chi connectivity index (χ0) is 22.7. The first kappa shape index (κ1) is 22.9. The van der Waals surface area contributed by atoms with Crippen LogP contribution in [-0.2, 0) is 9.47 Å². The Labute approximate surface area is 193 Å². The van der Waals surface area contributed by atoms with Crippen molar-refractivity contribution in [1.29, 1.82) is 0 Å². The Morgan fingerprint density at radius 3 is 2.75 bits per heavy atom. The highest BCUT2D eigenvalue weighted by molar-refractivity contribution is 6.32. The Hall–Kier alpha value is -2.31. The molecule has 7 heteroatoms. The number of fused-ring (bicyclic) bond motifs is 6. The van der Waals surface area contributed by atoms with Crippen molar-refractivity contribution in [2.24, 2.45) is 0 Å². The molecule has 2 unspecified atom stereocenters. The largest absolute Gasteiger partial charge is 0.492 e. The van der Waals surface area contributed by atoms with E-state index in [1.54, 1.807) is 26.3 Å². The molecule has 2 aromatic rings. The maximum Gasteiger partial charge on any atom is 0.343 e. The van der Waals surface area contributed by atoms with E-state index >= 15 is 0 Å². The van der Waals surface area contributed by atoms with Gasteiger partial charge >= 0.3 is 5.97 Å². The van der Waals surface area contributed by atoms with Crippen molar-refractivity contribution in [3.8, 4) is 17.0 Å². The molecule has 1 fully saturated rings. The number of pyridine rings is 1. The Balaban J connectivity index is 1.81. The molecule has 1 saturated carbocycles. The summed E-state index contributed by atoms with van der Waals surface area (Å²) in [6.07, 6.45) is 7.96. The molecule has 4 rings (SSSR count). The average molecular weight is 460 g/mol.